The molecule has 2 atom stereocenters. The van der Waals surface area contributed by atoms with Crippen LogP contribution in [0, 0.1) is 11.8 Å². The minimum Gasteiger partial charge on any atom is -0.444 e. The predicted molar refractivity (Wildman–Crippen MR) is 151 cm³/mol. The molecule has 1 rings (SSSR count). The Kier molecular flexibility index (Phi) is 17.6. The lowest BCUT2D eigenvalue weighted by molar-refractivity contribution is -0.0213. The van der Waals surface area contributed by atoms with Crippen LogP contribution in [0.25, 0.3) is 0 Å². The van der Waals surface area contributed by atoms with Crippen molar-refractivity contribution in [3.8, 4) is 0 Å². The SMILES string of the molecule is CCCCCCCCC(C)C(=S)OC(OC(=S)C(C)CCCCCCCC)c1ccccc1. The molecule has 0 radical (unpaired) electrons. The van der Waals surface area contributed by atoms with Crippen molar-refractivity contribution in [2.45, 2.75) is 124 Å². The predicted octanol–water partition coefficient (Wildman–Crippen LogP) is 10.1. The van der Waals surface area contributed by atoms with Crippen LogP contribution in [0.4, 0.5) is 0 Å². The normalized spacial score (nSPS) is 13.8. The molecule has 0 aliphatic heterocycles. The summed E-state index contributed by atoms with van der Waals surface area (Å²) in [5.74, 6) is 0.463. The first-order valence-corrected chi connectivity index (χ1v) is 14.3. The average molecular weight is 493 g/mol. The third-order valence-corrected chi connectivity index (χ3v) is 7.30. The molecule has 0 saturated heterocycles. The highest BCUT2D eigenvalue weighted by Gasteiger charge is 2.22. The van der Waals surface area contributed by atoms with E-state index in [-0.39, 0.29) is 11.8 Å². The molecule has 0 fully saturated rings. The van der Waals surface area contributed by atoms with Crippen LogP contribution < -0.4 is 0 Å². The van der Waals surface area contributed by atoms with Crippen molar-refractivity contribution in [1.82, 2.24) is 0 Å². The van der Waals surface area contributed by atoms with Crippen LogP contribution >= 0.6 is 24.4 Å². The lowest BCUT2D eigenvalue weighted by Gasteiger charge is -2.25. The molecule has 1 aromatic carbocycles. The van der Waals surface area contributed by atoms with Gasteiger partial charge in [-0.1, -0.05) is 135 Å². The second-order valence-corrected chi connectivity index (χ2v) is 10.3. The van der Waals surface area contributed by atoms with Crippen LogP contribution in [0.3, 0.4) is 0 Å². The van der Waals surface area contributed by atoms with Gasteiger partial charge >= 0.3 is 0 Å². The quantitative estimate of drug-likeness (QED) is 0.109. The van der Waals surface area contributed by atoms with Gasteiger partial charge in [0, 0.05) is 17.4 Å². The van der Waals surface area contributed by atoms with Crippen LogP contribution in [0.5, 0.6) is 0 Å². The fraction of sp³-hybridized carbons (Fsp3) is 0.724. The van der Waals surface area contributed by atoms with E-state index in [1.165, 1.54) is 77.0 Å². The Bertz CT molecular complexity index is 596. The molecule has 0 N–H and O–H groups in total. The Labute approximate surface area is 215 Å². The van der Waals surface area contributed by atoms with Gasteiger partial charge in [-0.05, 0) is 37.3 Å². The lowest BCUT2D eigenvalue weighted by atomic mass is 10.0. The molecule has 4 heteroatoms. The number of hydrogen-bond donors (Lipinski definition) is 0. The van der Waals surface area contributed by atoms with E-state index in [2.05, 4.69) is 27.7 Å². The van der Waals surface area contributed by atoms with Crippen molar-refractivity contribution in [2.24, 2.45) is 11.8 Å². The molecule has 0 aliphatic carbocycles. The van der Waals surface area contributed by atoms with Crippen LogP contribution in [0.1, 0.15) is 129 Å². The van der Waals surface area contributed by atoms with Gasteiger partial charge in [-0.15, -0.1) is 0 Å². The zero-order valence-electron chi connectivity index (χ0n) is 21.7. The fourth-order valence-electron chi connectivity index (χ4n) is 3.91. The summed E-state index contributed by atoms with van der Waals surface area (Å²) in [4.78, 5) is 0. The van der Waals surface area contributed by atoms with E-state index >= 15 is 0 Å². The second kappa shape index (κ2) is 19.3. The molecule has 33 heavy (non-hydrogen) atoms. The third kappa shape index (κ3) is 14.1. The summed E-state index contributed by atoms with van der Waals surface area (Å²) in [7, 11) is 0. The van der Waals surface area contributed by atoms with Crippen LogP contribution in [0.2, 0.25) is 0 Å². The first-order valence-electron chi connectivity index (χ1n) is 13.5. The van der Waals surface area contributed by atoms with Crippen molar-refractivity contribution in [1.29, 1.82) is 0 Å². The summed E-state index contributed by atoms with van der Waals surface area (Å²) in [5, 5.41) is 1.26. The van der Waals surface area contributed by atoms with E-state index in [9.17, 15) is 0 Å². The van der Waals surface area contributed by atoms with Gasteiger partial charge in [-0.2, -0.15) is 0 Å². The van der Waals surface area contributed by atoms with Crippen molar-refractivity contribution in [2.75, 3.05) is 0 Å². The molecular weight excluding hydrogens is 444 g/mol. The second-order valence-electron chi connectivity index (χ2n) is 9.53. The Hall–Kier alpha value is -1.00. The van der Waals surface area contributed by atoms with E-state index in [1.54, 1.807) is 0 Å². The highest BCUT2D eigenvalue weighted by atomic mass is 32.1. The first kappa shape index (κ1) is 30.0. The van der Waals surface area contributed by atoms with E-state index in [4.69, 9.17) is 33.9 Å². The Morgan fingerprint density at radius 3 is 1.45 bits per heavy atom. The Balaban J connectivity index is 2.53. The van der Waals surface area contributed by atoms with Crippen molar-refractivity contribution < 1.29 is 9.47 Å². The van der Waals surface area contributed by atoms with E-state index < -0.39 is 6.29 Å². The zero-order chi connectivity index (χ0) is 24.3. The van der Waals surface area contributed by atoms with Gasteiger partial charge in [0.2, 0.25) is 0 Å². The summed E-state index contributed by atoms with van der Waals surface area (Å²) < 4.78 is 12.4. The Morgan fingerprint density at radius 2 is 1.03 bits per heavy atom. The summed E-state index contributed by atoms with van der Waals surface area (Å²) in [5.41, 5.74) is 0.959. The van der Waals surface area contributed by atoms with Gasteiger partial charge in [0.15, 0.2) is 10.1 Å². The molecule has 0 aliphatic rings. The van der Waals surface area contributed by atoms with Crippen molar-refractivity contribution in [3.05, 3.63) is 35.9 Å². The van der Waals surface area contributed by atoms with Crippen LogP contribution in [-0.2, 0) is 9.47 Å². The van der Waals surface area contributed by atoms with Gasteiger partial charge in [0.1, 0.15) is 0 Å². The number of thiocarbonyl (C=S) groups is 2. The van der Waals surface area contributed by atoms with E-state index in [0.29, 0.717) is 10.1 Å². The molecule has 0 bridgehead atoms. The van der Waals surface area contributed by atoms with E-state index in [1.807, 2.05) is 30.3 Å². The number of hydrogen-bond acceptors (Lipinski definition) is 4. The largest absolute Gasteiger partial charge is 0.444 e. The Morgan fingerprint density at radius 1 is 0.636 bits per heavy atom. The molecule has 2 nitrogen and oxygen atoms in total. The smallest absolute Gasteiger partial charge is 0.268 e. The molecule has 0 heterocycles. The number of rotatable bonds is 19. The van der Waals surface area contributed by atoms with Gasteiger partial charge in [-0.25, -0.2) is 0 Å². The van der Waals surface area contributed by atoms with Crippen molar-refractivity contribution >= 4 is 34.5 Å². The molecule has 0 aromatic heterocycles. The lowest BCUT2D eigenvalue weighted by Crippen LogP contribution is -2.23. The van der Waals surface area contributed by atoms with Gasteiger partial charge < -0.3 is 9.47 Å². The monoisotopic (exact) mass is 492 g/mol. The van der Waals surface area contributed by atoms with Crippen LogP contribution in [-0.4, -0.2) is 10.1 Å². The molecule has 1 aromatic rings. The highest BCUT2D eigenvalue weighted by molar-refractivity contribution is 7.80. The zero-order valence-corrected chi connectivity index (χ0v) is 23.3. The third-order valence-electron chi connectivity index (χ3n) is 6.30. The van der Waals surface area contributed by atoms with Gasteiger partial charge in [0.05, 0.1) is 0 Å². The van der Waals surface area contributed by atoms with Crippen molar-refractivity contribution in [3.63, 3.8) is 0 Å². The fourth-order valence-corrected chi connectivity index (χ4v) is 4.32. The average Bonchev–Trinajstić information content (AvgIpc) is 2.83. The molecule has 0 amide bonds. The molecule has 0 spiro atoms. The maximum absolute atomic E-state index is 6.21. The van der Waals surface area contributed by atoms with E-state index in [0.717, 1.165) is 18.4 Å². The first-order chi connectivity index (χ1) is 16.0. The van der Waals surface area contributed by atoms with Gasteiger partial charge in [-0.3, -0.25) is 0 Å². The van der Waals surface area contributed by atoms with Crippen LogP contribution in [0.15, 0.2) is 30.3 Å². The number of benzene rings is 1. The maximum atomic E-state index is 6.21. The molecule has 2 unspecified atom stereocenters. The molecular formula is C29H48O2S2. The minimum atomic E-state index is -0.565. The summed E-state index contributed by atoms with van der Waals surface area (Å²) in [6, 6.07) is 10.0. The standard InChI is InChI=1S/C29H48O2S2/c1-5-7-9-11-13-16-20-24(3)28(32)30-27(26-22-18-15-19-23-26)31-29(33)25(4)21-17-14-12-10-8-6-2/h15,18-19,22-25,27H,5-14,16-17,20-21H2,1-4H3. The summed E-state index contributed by atoms with van der Waals surface area (Å²) in [6.07, 6.45) is 17.0. The topological polar surface area (TPSA) is 18.5 Å². The highest BCUT2D eigenvalue weighted by Crippen LogP contribution is 2.26. The summed E-state index contributed by atoms with van der Waals surface area (Å²) >= 11 is 11.3. The number of unbranched alkanes of at least 4 members (excludes halogenated alkanes) is 10. The number of ether oxygens (including phenoxy) is 2. The maximum Gasteiger partial charge on any atom is 0.268 e. The molecule has 188 valence electrons. The summed E-state index contributed by atoms with van der Waals surface area (Å²) in [6.45, 7) is 8.83. The molecule has 0 saturated carbocycles. The van der Waals surface area contributed by atoms with Gasteiger partial charge in [0.25, 0.3) is 6.29 Å². The minimum absolute atomic E-state index is 0.232.